The van der Waals surface area contributed by atoms with Crippen molar-refractivity contribution in [2.75, 3.05) is 0 Å². The summed E-state index contributed by atoms with van der Waals surface area (Å²) in [4.78, 5) is 25.5. The van der Waals surface area contributed by atoms with Gasteiger partial charge in [0.15, 0.2) is 0 Å². The van der Waals surface area contributed by atoms with Crippen molar-refractivity contribution in [3.05, 3.63) is 46.7 Å². The smallest absolute Gasteiger partial charge is 0.276 e. The lowest BCUT2D eigenvalue weighted by atomic mass is 9.85. The van der Waals surface area contributed by atoms with E-state index >= 15 is 0 Å². The van der Waals surface area contributed by atoms with Crippen molar-refractivity contribution < 1.29 is 24.5 Å². The van der Waals surface area contributed by atoms with Gasteiger partial charge in [-0.05, 0) is 19.8 Å². The molecule has 24 heavy (non-hydrogen) atoms. The van der Waals surface area contributed by atoms with Crippen molar-refractivity contribution in [3.63, 3.8) is 0 Å². The molecule has 4 rings (SSSR count). The summed E-state index contributed by atoms with van der Waals surface area (Å²) < 4.78 is 5.47. The van der Waals surface area contributed by atoms with Crippen molar-refractivity contribution >= 4 is 11.7 Å². The van der Waals surface area contributed by atoms with E-state index in [2.05, 4.69) is 5.32 Å². The van der Waals surface area contributed by atoms with Crippen LogP contribution in [0.1, 0.15) is 48.5 Å². The zero-order valence-electron chi connectivity index (χ0n) is 13.3. The fraction of sp³-hybridized carbons (Fsp3) is 0.444. The lowest BCUT2D eigenvalue weighted by molar-refractivity contribution is -0.235. The van der Waals surface area contributed by atoms with E-state index in [1.807, 2.05) is 0 Å². The molecular formula is C18H19NO5. The van der Waals surface area contributed by atoms with Gasteiger partial charge in [-0.3, -0.25) is 9.59 Å². The molecule has 0 aromatic heterocycles. The van der Waals surface area contributed by atoms with Gasteiger partial charge in [-0.1, -0.05) is 37.1 Å². The third-order valence-corrected chi connectivity index (χ3v) is 5.29. The molecule has 1 heterocycles. The van der Waals surface area contributed by atoms with Crippen LogP contribution in [0.15, 0.2) is 35.6 Å². The van der Waals surface area contributed by atoms with E-state index < -0.39 is 23.1 Å². The number of hydrogen-bond donors (Lipinski definition) is 3. The number of Topliss-reactive ketones (excluding diaryl/α,β-unsaturated/α-hetero) is 1. The molecule has 1 saturated carbocycles. The molecule has 1 fully saturated rings. The lowest BCUT2D eigenvalue weighted by Gasteiger charge is -2.30. The van der Waals surface area contributed by atoms with Crippen molar-refractivity contribution in [2.24, 2.45) is 0 Å². The minimum Gasteiger partial charge on any atom is -0.458 e. The Bertz CT molecular complexity index is 779. The van der Waals surface area contributed by atoms with Crippen LogP contribution in [0.25, 0.3) is 0 Å². The summed E-state index contributed by atoms with van der Waals surface area (Å²) in [6.45, 7) is 1.48. The van der Waals surface area contributed by atoms with Gasteiger partial charge in [0, 0.05) is 17.2 Å². The third kappa shape index (κ3) is 1.72. The first-order chi connectivity index (χ1) is 11.4. The molecule has 0 radical (unpaired) electrons. The lowest BCUT2D eigenvalue weighted by Crippen LogP contribution is -2.54. The first kappa shape index (κ1) is 15.4. The Morgan fingerprint density at radius 2 is 1.92 bits per heavy atom. The van der Waals surface area contributed by atoms with Crippen molar-refractivity contribution in [3.8, 4) is 0 Å². The fourth-order valence-electron chi connectivity index (χ4n) is 4.11. The molecule has 1 amide bonds. The quantitative estimate of drug-likeness (QED) is 0.756. The van der Waals surface area contributed by atoms with Crippen LogP contribution >= 0.6 is 0 Å². The first-order valence-corrected chi connectivity index (χ1v) is 8.20. The summed E-state index contributed by atoms with van der Waals surface area (Å²) >= 11 is 0. The molecule has 0 saturated heterocycles. The van der Waals surface area contributed by atoms with Crippen LogP contribution < -0.4 is 5.32 Å². The molecule has 2 atom stereocenters. The standard InChI is InChI=1S/C18H19NO5/c1-10-14(16(21)19-11-6-2-3-7-11)17(22)15(20)12-8-4-5-9-13(12)18(17,23)24-10/h4-5,8-9,11,22-23H,2-3,6-7H2,1H3,(H,19,21). The first-order valence-electron chi connectivity index (χ1n) is 8.20. The largest absolute Gasteiger partial charge is 0.458 e. The number of nitrogens with one attached hydrogen (secondary N) is 1. The highest BCUT2D eigenvalue weighted by atomic mass is 16.7. The van der Waals surface area contributed by atoms with Gasteiger partial charge >= 0.3 is 0 Å². The van der Waals surface area contributed by atoms with Crippen molar-refractivity contribution in [2.45, 2.75) is 50.0 Å². The van der Waals surface area contributed by atoms with Gasteiger partial charge in [-0.15, -0.1) is 0 Å². The van der Waals surface area contributed by atoms with Gasteiger partial charge in [0.1, 0.15) is 11.3 Å². The molecule has 3 aliphatic rings. The summed E-state index contributed by atoms with van der Waals surface area (Å²) in [7, 11) is 0. The number of carbonyl (C=O) groups is 2. The van der Waals surface area contributed by atoms with Gasteiger partial charge in [0.25, 0.3) is 11.7 Å². The monoisotopic (exact) mass is 329 g/mol. The molecular weight excluding hydrogens is 310 g/mol. The molecule has 1 aliphatic heterocycles. The number of aliphatic hydroxyl groups is 2. The second kappa shape index (κ2) is 4.91. The van der Waals surface area contributed by atoms with Crippen LogP contribution in [0, 0.1) is 0 Å². The number of carbonyl (C=O) groups excluding carboxylic acids is 2. The van der Waals surface area contributed by atoms with E-state index in [4.69, 9.17) is 4.74 Å². The summed E-state index contributed by atoms with van der Waals surface area (Å²) in [5, 5.41) is 24.9. The van der Waals surface area contributed by atoms with Gasteiger partial charge in [-0.25, -0.2) is 0 Å². The maximum Gasteiger partial charge on any atom is 0.276 e. The highest BCUT2D eigenvalue weighted by Gasteiger charge is 2.72. The van der Waals surface area contributed by atoms with Crippen LogP contribution in [-0.4, -0.2) is 33.5 Å². The van der Waals surface area contributed by atoms with E-state index in [9.17, 15) is 19.8 Å². The topological polar surface area (TPSA) is 95.9 Å². The molecule has 3 N–H and O–H groups in total. The zero-order valence-corrected chi connectivity index (χ0v) is 13.3. The normalized spacial score (nSPS) is 31.9. The molecule has 2 aliphatic carbocycles. The number of benzene rings is 1. The average Bonchev–Trinajstić information content (AvgIpc) is 3.16. The van der Waals surface area contributed by atoms with Crippen LogP contribution in [-0.2, 0) is 15.3 Å². The van der Waals surface area contributed by atoms with Crippen LogP contribution in [0.2, 0.25) is 0 Å². The second-order valence-electron chi connectivity index (χ2n) is 6.72. The number of amides is 1. The van der Waals surface area contributed by atoms with Crippen molar-refractivity contribution in [1.29, 1.82) is 0 Å². The molecule has 6 heteroatoms. The van der Waals surface area contributed by atoms with Gasteiger partial charge in [0.2, 0.25) is 11.4 Å². The predicted octanol–water partition coefficient (Wildman–Crippen LogP) is 1.12. The highest BCUT2D eigenvalue weighted by Crippen LogP contribution is 2.54. The van der Waals surface area contributed by atoms with Gasteiger partial charge < -0.3 is 20.3 Å². The van der Waals surface area contributed by atoms with Crippen molar-refractivity contribution in [1.82, 2.24) is 5.32 Å². The highest BCUT2D eigenvalue weighted by molar-refractivity contribution is 6.16. The molecule has 2 unspecified atom stereocenters. The molecule has 1 aromatic rings. The Morgan fingerprint density at radius 3 is 2.62 bits per heavy atom. The minimum atomic E-state index is -2.41. The third-order valence-electron chi connectivity index (χ3n) is 5.29. The van der Waals surface area contributed by atoms with E-state index in [1.54, 1.807) is 12.1 Å². The fourth-order valence-corrected chi connectivity index (χ4v) is 4.11. The number of fused-ring (bicyclic) bond motifs is 3. The molecule has 6 nitrogen and oxygen atoms in total. The zero-order chi connectivity index (χ0) is 17.1. The maximum atomic E-state index is 12.8. The summed E-state index contributed by atoms with van der Waals surface area (Å²) in [6.07, 6.45) is 3.82. The SMILES string of the molecule is CC1=C(C(=O)NC2CCCC2)C2(O)C(=O)c3ccccc3C2(O)O1. The molecule has 0 bridgehead atoms. The Labute approximate surface area is 139 Å². The van der Waals surface area contributed by atoms with E-state index in [-0.39, 0.29) is 28.5 Å². The Morgan fingerprint density at radius 1 is 1.25 bits per heavy atom. The average molecular weight is 329 g/mol. The van der Waals surface area contributed by atoms with Crippen LogP contribution in [0.5, 0.6) is 0 Å². The Hall–Kier alpha value is -2.18. The van der Waals surface area contributed by atoms with Crippen LogP contribution in [0.3, 0.4) is 0 Å². The number of ether oxygens (including phenoxy) is 1. The van der Waals surface area contributed by atoms with Gasteiger partial charge in [0.05, 0.1) is 0 Å². The molecule has 0 spiro atoms. The molecule has 126 valence electrons. The number of ketones is 1. The predicted molar refractivity (Wildman–Crippen MR) is 83.8 cm³/mol. The molecule has 1 aromatic carbocycles. The van der Waals surface area contributed by atoms with Crippen LogP contribution in [0.4, 0.5) is 0 Å². The number of hydrogen-bond acceptors (Lipinski definition) is 5. The Balaban J connectivity index is 1.76. The number of rotatable bonds is 2. The minimum absolute atomic E-state index is 0.0222. The van der Waals surface area contributed by atoms with Gasteiger partial charge in [-0.2, -0.15) is 0 Å². The summed E-state index contributed by atoms with van der Waals surface area (Å²) in [5.41, 5.74) is -2.26. The summed E-state index contributed by atoms with van der Waals surface area (Å²) in [5.74, 6) is -3.46. The Kier molecular flexibility index (Phi) is 3.14. The van der Waals surface area contributed by atoms with E-state index in [0.717, 1.165) is 25.7 Å². The summed E-state index contributed by atoms with van der Waals surface area (Å²) in [6, 6.07) is 6.34. The maximum absolute atomic E-state index is 12.8. The van der Waals surface area contributed by atoms with E-state index in [0.29, 0.717) is 0 Å². The number of allylic oxidation sites excluding steroid dienone is 1. The van der Waals surface area contributed by atoms with E-state index in [1.165, 1.54) is 19.1 Å². The second-order valence-corrected chi connectivity index (χ2v) is 6.72.